The fourth-order valence-electron chi connectivity index (χ4n) is 2.31. The maximum atomic E-state index is 12.2. The van der Waals surface area contributed by atoms with Crippen LogP contribution in [-0.4, -0.2) is 34.7 Å². The van der Waals surface area contributed by atoms with Gasteiger partial charge in [-0.3, -0.25) is 14.5 Å². The number of benzene rings is 1. The second kappa shape index (κ2) is 6.46. The van der Waals surface area contributed by atoms with Crippen molar-refractivity contribution in [2.45, 2.75) is 6.42 Å². The highest BCUT2D eigenvalue weighted by molar-refractivity contribution is 7.14. The zero-order chi connectivity index (χ0) is 16.2. The minimum Gasteiger partial charge on any atom is -0.411 e. The first kappa shape index (κ1) is 15.0. The maximum Gasteiger partial charge on any atom is 0.261 e. The third kappa shape index (κ3) is 3.00. The van der Waals surface area contributed by atoms with E-state index >= 15 is 0 Å². The molecule has 114 valence electrons. The van der Waals surface area contributed by atoms with Gasteiger partial charge in [-0.1, -0.05) is 29.1 Å². The molecule has 1 aliphatic heterocycles. The van der Waals surface area contributed by atoms with Gasteiger partial charge in [-0.05, 0) is 24.3 Å². The molecule has 23 heavy (non-hydrogen) atoms. The monoisotopic (exact) mass is 324 g/mol. The molecule has 0 radical (unpaired) electrons. The van der Waals surface area contributed by atoms with E-state index in [9.17, 15) is 9.59 Å². The van der Waals surface area contributed by atoms with E-state index in [-0.39, 0.29) is 18.4 Å². The predicted octanol–water partition coefficient (Wildman–Crippen LogP) is 2.59. The number of oxime groups is 1. The Hall–Kier alpha value is -2.91. The molecule has 0 spiro atoms. The van der Waals surface area contributed by atoms with Gasteiger partial charge in [0, 0.05) is 17.8 Å². The Bertz CT molecular complexity index is 823. The summed E-state index contributed by atoms with van der Waals surface area (Å²) >= 11 is 1.40. The summed E-state index contributed by atoms with van der Waals surface area (Å²) < 4.78 is 0. The van der Waals surface area contributed by atoms with Gasteiger partial charge in [-0.2, -0.15) is 0 Å². The summed E-state index contributed by atoms with van der Waals surface area (Å²) in [6, 6.07) is 10.5. The quantitative estimate of drug-likeness (QED) is 0.310. The summed E-state index contributed by atoms with van der Waals surface area (Å²) in [7, 11) is 0. The Balaban J connectivity index is 1.63. The molecule has 0 aliphatic carbocycles. The summed E-state index contributed by atoms with van der Waals surface area (Å²) in [5, 5.41) is 11.4. The minimum atomic E-state index is -0.259. The molecule has 3 rings (SSSR count). The van der Waals surface area contributed by atoms with E-state index in [0.717, 1.165) is 9.75 Å². The third-order valence-electron chi connectivity index (χ3n) is 3.36. The van der Waals surface area contributed by atoms with Crippen LogP contribution >= 0.6 is 11.3 Å². The molecule has 2 amide bonds. The Kier molecular flexibility index (Phi) is 4.22. The molecule has 0 bridgehead atoms. The van der Waals surface area contributed by atoms with Gasteiger partial charge in [0.2, 0.25) is 0 Å². The molecule has 0 saturated carbocycles. The second-order valence-corrected chi connectivity index (χ2v) is 5.92. The molecule has 6 heteroatoms. The lowest BCUT2D eigenvalue weighted by Gasteiger charge is -2.10. The van der Waals surface area contributed by atoms with Crippen molar-refractivity contribution in [3.63, 3.8) is 0 Å². The lowest BCUT2D eigenvalue weighted by molar-refractivity contribution is 0.0658. The molecule has 2 aromatic rings. The van der Waals surface area contributed by atoms with Crippen LogP contribution in [0.25, 0.3) is 0 Å². The van der Waals surface area contributed by atoms with Crippen LogP contribution in [0.5, 0.6) is 0 Å². The molecule has 1 aromatic heterocycles. The van der Waals surface area contributed by atoms with Gasteiger partial charge in [0.25, 0.3) is 11.8 Å². The molecule has 5 nitrogen and oxygen atoms in total. The number of fused-ring (bicyclic) bond motifs is 1. The van der Waals surface area contributed by atoms with Gasteiger partial charge in [0.05, 0.1) is 22.2 Å². The van der Waals surface area contributed by atoms with Gasteiger partial charge in [0.15, 0.2) is 0 Å². The highest BCUT2D eigenvalue weighted by atomic mass is 32.1. The van der Waals surface area contributed by atoms with Crippen LogP contribution in [0.1, 0.15) is 36.9 Å². The predicted molar refractivity (Wildman–Crippen MR) is 87.0 cm³/mol. The molecule has 0 atom stereocenters. The summed E-state index contributed by atoms with van der Waals surface area (Å²) in [6.07, 6.45) is 1.75. The van der Waals surface area contributed by atoms with E-state index in [0.29, 0.717) is 17.5 Å². The van der Waals surface area contributed by atoms with Gasteiger partial charge < -0.3 is 5.21 Å². The van der Waals surface area contributed by atoms with Crippen LogP contribution in [0.3, 0.4) is 0 Å². The number of carbonyl (C=O) groups excluding carboxylic acids is 2. The first-order valence-electron chi connectivity index (χ1n) is 6.92. The summed E-state index contributed by atoms with van der Waals surface area (Å²) in [4.78, 5) is 27.2. The van der Waals surface area contributed by atoms with E-state index in [4.69, 9.17) is 5.21 Å². The van der Waals surface area contributed by atoms with Crippen LogP contribution in [0.15, 0.2) is 41.6 Å². The molecule has 1 N–H and O–H groups in total. The number of amides is 2. The van der Waals surface area contributed by atoms with Crippen LogP contribution < -0.4 is 0 Å². The summed E-state index contributed by atoms with van der Waals surface area (Å²) in [6.45, 7) is 0.273. The van der Waals surface area contributed by atoms with Crippen molar-refractivity contribution >= 4 is 29.4 Å². The molecule has 0 saturated heterocycles. The lowest BCUT2D eigenvalue weighted by atomic mass is 10.1. The Morgan fingerprint density at radius 3 is 2.48 bits per heavy atom. The van der Waals surface area contributed by atoms with Crippen molar-refractivity contribution in [2.75, 3.05) is 6.54 Å². The largest absolute Gasteiger partial charge is 0.411 e. The standard InChI is InChI=1S/C17H12N2O3S/c20-16-14-6-1-2-7-15(14)17(21)19(16)10-4-3-5-12-8-9-13(23-12)11-18-22/h1-2,6-9,11,22H,4,10H2/b18-11-. The van der Waals surface area contributed by atoms with Crippen LogP contribution in [0, 0.1) is 11.8 Å². The van der Waals surface area contributed by atoms with Gasteiger partial charge in [0.1, 0.15) is 0 Å². The average Bonchev–Trinajstić information content (AvgIpc) is 3.10. The Morgan fingerprint density at radius 2 is 1.83 bits per heavy atom. The van der Waals surface area contributed by atoms with E-state index in [1.54, 1.807) is 30.3 Å². The van der Waals surface area contributed by atoms with Crippen molar-refractivity contribution in [1.29, 1.82) is 0 Å². The van der Waals surface area contributed by atoms with E-state index in [1.807, 2.05) is 6.07 Å². The first-order valence-corrected chi connectivity index (χ1v) is 7.73. The number of thiophene rings is 1. The van der Waals surface area contributed by atoms with Gasteiger partial charge >= 0.3 is 0 Å². The summed E-state index contributed by atoms with van der Waals surface area (Å²) in [5.41, 5.74) is 0.910. The highest BCUT2D eigenvalue weighted by Gasteiger charge is 2.34. The Labute approximate surface area is 136 Å². The average molecular weight is 324 g/mol. The summed E-state index contributed by atoms with van der Waals surface area (Å²) in [5.74, 6) is 5.41. The van der Waals surface area contributed by atoms with Crippen molar-refractivity contribution in [2.24, 2.45) is 5.16 Å². The minimum absolute atomic E-state index is 0.259. The van der Waals surface area contributed by atoms with Crippen LogP contribution in [-0.2, 0) is 0 Å². The van der Waals surface area contributed by atoms with Crippen molar-refractivity contribution in [1.82, 2.24) is 4.90 Å². The topological polar surface area (TPSA) is 70.0 Å². The third-order valence-corrected chi connectivity index (χ3v) is 4.30. The molecule has 2 heterocycles. The SMILES string of the molecule is O=C1c2ccccc2C(=O)N1CCC#Cc1ccc(/C=N\O)s1. The van der Waals surface area contributed by atoms with Crippen LogP contribution in [0.2, 0.25) is 0 Å². The lowest BCUT2D eigenvalue weighted by Crippen LogP contribution is -2.30. The molecule has 1 aromatic carbocycles. The normalized spacial score (nSPS) is 13.3. The highest BCUT2D eigenvalue weighted by Crippen LogP contribution is 2.22. The Morgan fingerprint density at radius 1 is 1.13 bits per heavy atom. The molecule has 0 unspecified atom stereocenters. The molecular formula is C17H12N2O3S. The number of imide groups is 1. The van der Waals surface area contributed by atoms with Gasteiger partial charge in [-0.15, -0.1) is 11.3 Å². The second-order valence-electron chi connectivity index (χ2n) is 4.81. The smallest absolute Gasteiger partial charge is 0.261 e. The van der Waals surface area contributed by atoms with Crippen LogP contribution in [0.4, 0.5) is 0 Å². The molecule has 1 aliphatic rings. The number of carbonyl (C=O) groups is 2. The zero-order valence-electron chi connectivity index (χ0n) is 12.0. The first-order chi connectivity index (χ1) is 11.2. The van der Waals surface area contributed by atoms with Gasteiger partial charge in [-0.25, -0.2) is 0 Å². The number of rotatable bonds is 3. The van der Waals surface area contributed by atoms with E-state index < -0.39 is 0 Å². The molecular weight excluding hydrogens is 312 g/mol. The van der Waals surface area contributed by atoms with Crippen molar-refractivity contribution in [3.05, 3.63) is 57.3 Å². The van der Waals surface area contributed by atoms with E-state index in [2.05, 4.69) is 17.0 Å². The number of nitrogens with zero attached hydrogens (tertiary/aromatic N) is 2. The number of hydrogen-bond donors (Lipinski definition) is 1. The van der Waals surface area contributed by atoms with Crippen molar-refractivity contribution < 1.29 is 14.8 Å². The fourth-order valence-corrected chi connectivity index (χ4v) is 3.05. The fraction of sp³-hybridized carbons (Fsp3) is 0.118. The zero-order valence-corrected chi connectivity index (χ0v) is 12.8. The number of hydrogen-bond acceptors (Lipinski definition) is 5. The maximum absolute atomic E-state index is 12.2. The van der Waals surface area contributed by atoms with E-state index in [1.165, 1.54) is 22.5 Å². The van der Waals surface area contributed by atoms with Crippen molar-refractivity contribution in [3.8, 4) is 11.8 Å². The molecule has 0 fully saturated rings.